The van der Waals surface area contributed by atoms with Crippen molar-refractivity contribution in [2.45, 2.75) is 6.10 Å². The fourth-order valence-electron chi connectivity index (χ4n) is 1.91. The van der Waals surface area contributed by atoms with Crippen LogP contribution in [-0.4, -0.2) is 49.4 Å². The van der Waals surface area contributed by atoms with E-state index in [2.05, 4.69) is 9.88 Å². The minimum atomic E-state index is -0.503. The maximum atomic E-state index is 10.5. The Balaban J connectivity index is 2.04. The Bertz CT molecular complexity index is 407. The highest BCUT2D eigenvalue weighted by atomic mass is 16.6. The van der Waals surface area contributed by atoms with Gasteiger partial charge in [-0.25, -0.2) is 0 Å². The molecule has 7 nitrogen and oxygen atoms in total. The summed E-state index contributed by atoms with van der Waals surface area (Å²) in [6, 6.07) is 3.12. The molecule has 1 aromatic rings. The highest BCUT2D eigenvalue weighted by molar-refractivity contribution is 5.46. The van der Waals surface area contributed by atoms with Crippen LogP contribution in [0.1, 0.15) is 0 Å². The normalized spacial score (nSPS) is 19.8. The van der Waals surface area contributed by atoms with E-state index in [-0.39, 0.29) is 11.9 Å². The number of nitrogens with zero attached hydrogens (tertiary/aromatic N) is 3. The highest BCUT2D eigenvalue weighted by Crippen LogP contribution is 2.19. The van der Waals surface area contributed by atoms with E-state index in [1.54, 1.807) is 13.2 Å². The first kappa shape index (κ1) is 12.7. The first-order valence-corrected chi connectivity index (χ1v) is 5.66. The lowest BCUT2D eigenvalue weighted by molar-refractivity contribution is -0.389. The molecule has 1 unspecified atom stereocenters. The van der Waals surface area contributed by atoms with E-state index in [1.165, 1.54) is 12.3 Å². The summed E-state index contributed by atoms with van der Waals surface area (Å²) in [4.78, 5) is 15.9. The Hall–Kier alpha value is -1.73. The van der Waals surface area contributed by atoms with Gasteiger partial charge in [0.15, 0.2) is 6.20 Å². The van der Waals surface area contributed by atoms with Gasteiger partial charge in [0.1, 0.15) is 0 Å². The first-order chi connectivity index (χ1) is 8.70. The van der Waals surface area contributed by atoms with Crippen LogP contribution in [0.5, 0.6) is 0 Å². The van der Waals surface area contributed by atoms with Gasteiger partial charge in [0.05, 0.1) is 25.0 Å². The Labute approximate surface area is 104 Å². The molecule has 1 fully saturated rings. The third-order valence-electron chi connectivity index (χ3n) is 2.78. The lowest BCUT2D eigenvalue weighted by atomic mass is 10.2. The van der Waals surface area contributed by atoms with Gasteiger partial charge in [-0.05, 0) is 16.0 Å². The van der Waals surface area contributed by atoms with Gasteiger partial charge in [0, 0.05) is 26.3 Å². The molecule has 7 heteroatoms. The minimum Gasteiger partial charge on any atom is -0.382 e. The van der Waals surface area contributed by atoms with Crippen molar-refractivity contribution in [3.05, 3.63) is 28.4 Å². The Morgan fingerprint density at radius 1 is 1.67 bits per heavy atom. The van der Waals surface area contributed by atoms with Gasteiger partial charge >= 0.3 is 5.82 Å². The molecule has 18 heavy (non-hydrogen) atoms. The van der Waals surface area contributed by atoms with Crippen LogP contribution in [0.2, 0.25) is 0 Å². The van der Waals surface area contributed by atoms with E-state index in [0.29, 0.717) is 19.8 Å². The Morgan fingerprint density at radius 3 is 3.11 bits per heavy atom. The zero-order valence-corrected chi connectivity index (χ0v) is 10.1. The summed E-state index contributed by atoms with van der Waals surface area (Å²) < 4.78 is 10.6. The summed E-state index contributed by atoms with van der Waals surface area (Å²) in [5.41, 5.74) is 0.866. The summed E-state index contributed by atoms with van der Waals surface area (Å²) in [6.07, 6.45) is 1.55. The highest BCUT2D eigenvalue weighted by Gasteiger charge is 2.21. The number of morpholine rings is 1. The molecule has 0 amide bonds. The lowest BCUT2D eigenvalue weighted by Gasteiger charge is -2.33. The first-order valence-electron chi connectivity index (χ1n) is 5.66. The number of hydrogen-bond donors (Lipinski definition) is 0. The van der Waals surface area contributed by atoms with Gasteiger partial charge in [-0.2, -0.15) is 0 Å². The van der Waals surface area contributed by atoms with Crippen LogP contribution in [-0.2, 0) is 9.47 Å². The number of ether oxygens (including phenoxy) is 2. The molecule has 0 saturated carbocycles. The van der Waals surface area contributed by atoms with Gasteiger partial charge in [-0.3, -0.25) is 0 Å². The predicted octanol–water partition coefficient (Wildman–Crippen LogP) is 0.841. The van der Waals surface area contributed by atoms with Crippen molar-refractivity contribution in [2.75, 3.05) is 38.3 Å². The third-order valence-corrected chi connectivity index (χ3v) is 2.78. The van der Waals surface area contributed by atoms with Crippen molar-refractivity contribution < 1.29 is 14.4 Å². The van der Waals surface area contributed by atoms with Crippen LogP contribution in [0.3, 0.4) is 0 Å². The van der Waals surface area contributed by atoms with Crippen molar-refractivity contribution in [3.63, 3.8) is 0 Å². The molecule has 1 saturated heterocycles. The van der Waals surface area contributed by atoms with Gasteiger partial charge in [-0.1, -0.05) is 0 Å². The standard InChI is InChI=1S/C11H15N3O4/c1-17-8-10-7-13(4-5-18-10)9-2-3-11(12-6-9)14(15)16/h2-3,6,10H,4-5,7-8H2,1H3. The molecule has 0 spiro atoms. The van der Waals surface area contributed by atoms with Crippen molar-refractivity contribution in [1.29, 1.82) is 0 Å². The van der Waals surface area contributed by atoms with Crippen LogP contribution in [0.25, 0.3) is 0 Å². The van der Waals surface area contributed by atoms with E-state index in [0.717, 1.165) is 12.2 Å². The molecule has 1 aromatic heterocycles. The zero-order chi connectivity index (χ0) is 13.0. The molecule has 98 valence electrons. The van der Waals surface area contributed by atoms with Crippen molar-refractivity contribution >= 4 is 11.5 Å². The molecular weight excluding hydrogens is 238 g/mol. The number of anilines is 1. The number of pyridine rings is 1. The van der Waals surface area contributed by atoms with Crippen LogP contribution in [0.4, 0.5) is 11.5 Å². The monoisotopic (exact) mass is 253 g/mol. The van der Waals surface area contributed by atoms with Gasteiger partial charge in [-0.15, -0.1) is 0 Å². The zero-order valence-electron chi connectivity index (χ0n) is 10.1. The fourth-order valence-corrected chi connectivity index (χ4v) is 1.91. The number of nitro groups is 1. The van der Waals surface area contributed by atoms with Crippen molar-refractivity contribution in [1.82, 2.24) is 4.98 Å². The van der Waals surface area contributed by atoms with Gasteiger partial charge < -0.3 is 24.5 Å². The maximum absolute atomic E-state index is 10.5. The van der Waals surface area contributed by atoms with Gasteiger partial charge in [0.2, 0.25) is 0 Å². The second-order valence-electron chi connectivity index (χ2n) is 4.03. The fraction of sp³-hybridized carbons (Fsp3) is 0.545. The van der Waals surface area contributed by atoms with Gasteiger partial charge in [0.25, 0.3) is 0 Å². The average Bonchev–Trinajstić information content (AvgIpc) is 2.39. The molecule has 1 aliphatic rings. The lowest BCUT2D eigenvalue weighted by Crippen LogP contribution is -2.44. The summed E-state index contributed by atoms with van der Waals surface area (Å²) in [5, 5.41) is 10.5. The van der Waals surface area contributed by atoms with E-state index >= 15 is 0 Å². The van der Waals surface area contributed by atoms with E-state index in [4.69, 9.17) is 9.47 Å². The molecule has 2 rings (SSSR count). The van der Waals surface area contributed by atoms with Crippen LogP contribution < -0.4 is 4.90 Å². The van der Waals surface area contributed by atoms with Crippen LogP contribution in [0, 0.1) is 10.1 Å². The molecule has 0 radical (unpaired) electrons. The summed E-state index contributed by atoms with van der Waals surface area (Å²) in [5.74, 6) is -0.138. The second-order valence-corrected chi connectivity index (χ2v) is 4.03. The molecule has 0 N–H and O–H groups in total. The molecule has 1 atom stereocenters. The maximum Gasteiger partial charge on any atom is 0.363 e. The van der Waals surface area contributed by atoms with Crippen LogP contribution in [0.15, 0.2) is 18.3 Å². The predicted molar refractivity (Wildman–Crippen MR) is 64.7 cm³/mol. The number of methoxy groups -OCH3 is 1. The molecule has 1 aliphatic heterocycles. The van der Waals surface area contributed by atoms with E-state index in [1.807, 2.05) is 0 Å². The van der Waals surface area contributed by atoms with E-state index in [9.17, 15) is 10.1 Å². The smallest absolute Gasteiger partial charge is 0.363 e. The molecule has 2 heterocycles. The number of aromatic nitrogens is 1. The van der Waals surface area contributed by atoms with Crippen LogP contribution >= 0.6 is 0 Å². The van der Waals surface area contributed by atoms with Crippen molar-refractivity contribution in [3.8, 4) is 0 Å². The summed E-state index contributed by atoms with van der Waals surface area (Å²) in [6.45, 7) is 2.61. The van der Waals surface area contributed by atoms with E-state index < -0.39 is 4.92 Å². The number of rotatable bonds is 4. The summed E-state index contributed by atoms with van der Waals surface area (Å²) in [7, 11) is 1.63. The average molecular weight is 253 g/mol. The molecule has 0 aromatic carbocycles. The summed E-state index contributed by atoms with van der Waals surface area (Å²) >= 11 is 0. The third kappa shape index (κ3) is 2.93. The largest absolute Gasteiger partial charge is 0.382 e. The second kappa shape index (κ2) is 5.74. The molecular formula is C11H15N3O4. The number of hydrogen-bond acceptors (Lipinski definition) is 6. The minimum absolute atomic E-state index is 0.0268. The molecule has 0 aliphatic carbocycles. The van der Waals surface area contributed by atoms with Crippen molar-refractivity contribution in [2.24, 2.45) is 0 Å². The quantitative estimate of drug-likeness (QED) is 0.584. The Morgan fingerprint density at radius 2 is 2.50 bits per heavy atom. The molecule has 0 bridgehead atoms. The Kier molecular flexibility index (Phi) is 4.06. The topological polar surface area (TPSA) is 77.7 Å². The SMILES string of the molecule is COCC1CN(c2ccc([N+](=O)[O-])nc2)CCO1.